The van der Waals surface area contributed by atoms with Crippen LogP contribution in [-0.4, -0.2) is 41.6 Å². The Balaban J connectivity index is 1.32. The van der Waals surface area contributed by atoms with Crippen LogP contribution in [0.4, 0.5) is 0 Å². The van der Waals surface area contributed by atoms with Crippen LogP contribution in [0.3, 0.4) is 0 Å². The van der Waals surface area contributed by atoms with E-state index in [0.717, 1.165) is 22.8 Å². The number of aromatic amines is 1. The van der Waals surface area contributed by atoms with Crippen LogP contribution in [0.2, 0.25) is 0 Å². The Labute approximate surface area is 174 Å². The topological polar surface area (TPSA) is 76.2 Å². The summed E-state index contributed by atoms with van der Waals surface area (Å²) >= 11 is 1.80. The van der Waals surface area contributed by atoms with Crippen LogP contribution in [0.15, 0.2) is 48.7 Å². The fourth-order valence-corrected chi connectivity index (χ4v) is 3.90. The molecule has 3 aromatic rings. The fourth-order valence-electron chi connectivity index (χ4n) is 3.08. The number of benzene rings is 2. The molecule has 1 aromatic heterocycles. The summed E-state index contributed by atoms with van der Waals surface area (Å²) in [6, 6.07) is 14.2. The number of amides is 1. The van der Waals surface area contributed by atoms with Gasteiger partial charge in [-0.05, 0) is 30.7 Å². The number of nitrogens with one attached hydrogen (secondary N) is 2. The van der Waals surface area contributed by atoms with E-state index in [1.165, 1.54) is 11.1 Å². The molecule has 7 heteroatoms. The van der Waals surface area contributed by atoms with Crippen molar-refractivity contribution in [3.8, 4) is 22.8 Å². The lowest BCUT2D eigenvalue weighted by atomic mass is 10.1. The number of thioether (sulfide) groups is 1. The summed E-state index contributed by atoms with van der Waals surface area (Å²) in [5.74, 6) is 3.04. The van der Waals surface area contributed by atoms with Crippen LogP contribution < -0.4 is 14.8 Å². The number of fused-ring (bicyclic) bond motifs is 1. The highest BCUT2D eigenvalue weighted by Crippen LogP contribution is 2.34. The number of carbonyl (C=O) groups is 1. The molecule has 0 saturated carbocycles. The summed E-state index contributed by atoms with van der Waals surface area (Å²) in [5.41, 5.74) is 4.59. The molecule has 2 N–H and O–H groups in total. The van der Waals surface area contributed by atoms with Crippen LogP contribution in [0, 0.1) is 6.92 Å². The molecule has 150 valence electrons. The average molecular weight is 410 g/mol. The molecule has 2 aromatic carbocycles. The molecule has 1 aliphatic heterocycles. The summed E-state index contributed by atoms with van der Waals surface area (Å²) in [5, 5.41) is 9.96. The van der Waals surface area contributed by atoms with Gasteiger partial charge < -0.3 is 14.8 Å². The van der Waals surface area contributed by atoms with Crippen molar-refractivity contribution in [2.24, 2.45) is 0 Å². The maximum atomic E-state index is 12.6. The third kappa shape index (κ3) is 4.74. The first-order chi connectivity index (χ1) is 14.2. The first-order valence-electron chi connectivity index (χ1n) is 9.55. The normalized spacial score (nSPS) is 12.6. The molecule has 0 aliphatic carbocycles. The largest absolute Gasteiger partial charge is 0.486 e. The molecule has 0 atom stereocenters. The SMILES string of the molecule is Cc1ccc(CSCCNC(=O)c2cn[nH]c2-c2ccc3c(c2)OCCO3)cc1. The van der Waals surface area contributed by atoms with E-state index >= 15 is 0 Å². The molecule has 2 heterocycles. The average Bonchev–Trinajstić information content (AvgIpc) is 3.24. The number of hydrogen-bond donors (Lipinski definition) is 2. The van der Waals surface area contributed by atoms with Crippen LogP contribution in [0.5, 0.6) is 11.5 Å². The third-order valence-corrected chi connectivity index (χ3v) is 5.67. The zero-order chi connectivity index (χ0) is 20.1. The standard InChI is InChI=1S/C22H23N3O3S/c1-15-2-4-16(5-3-15)14-29-11-8-23-22(26)18-13-24-25-21(18)17-6-7-19-20(12-17)28-10-9-27-19/h2-7,12-13H,8-11,14H2,1H3,(H,23,26)(H,24,25). The second-order valence-corrected chi connectivity index (χ2v) is 7.92. The molecule has 0 unspecified atom stereocenters. The van der Waals surface area contributed by atoms with E-state index in [-0.39, 0.29) is 5.91 Å². The maximum absolute atomic E-state index is 12.6. The Morgan fingerprint density at radius 2 is 1.93 bits per heavy atom. The number of ether oxygens (including phenoxy) is 2. The van der Waals surface area contributed by atoms with E-state index < -0.39 is 0 Å². The van der Waals surface area contributed by atoms with Crippen molar-refractivity contribution in [1.29, 1.82) is 0 Å². The number of carbonyl (C=O) groups excluding carboxylic acids is 1. The van der Waals surface area contributed by atoms with E-state index in [1.54, 1.807) is 18.0 Å². The highest BCUT2D eigenvalue weighted by Gasteiger charge is 2.18. The minimum Gasteiger partial charge on any atom is -0.486 e. The van der Waals surface area contributed by atoms with E-state index in [4.69, 9.17) is 9.47 Å². The van der Waals surface area contributed by atoms with Crippen LogP contribution in [-0.2, 0) is 5.75 Å². The lowest BCUT2D eigenvalue weighted by molar-refractivity contribution is 0.0957. The minimum atomic E-state index is -0.139. The zero-order valence-electron chi connectivity index (χ0n) is 16.2. The first-order valence-corrected chi connectivity index (χ1v) is 10.7. The Morgan fingerprint density at radius 3 is 2.76 bits per heavy atom. The van der Waals surface area contributed by atoms with Crippen LogP contribution in [0.1, 0.15) is 21.5 Å². The molecule has 4 rings (SSSR count). The Hall–Kier alpha value is -2.93. The van der Waals surface area contributed by atoms with Crippen LogP contribution in [0.25, 0.3) is 11.3 Å². The summed E-state index contributed by atoms with van der Waals surface area (Å²) in [6.45, 7) is 3.75. The summed E-state index contributed by atoms with van der Waals surface area (Å²) in [4.78, 5) is 12.6. The van der Waals surface area contributed by atoms with Gasteiger partial charge in [-0.25, -0.2) is 0 Å². The molecule has 1 aliphatic rings. The van der Waals surface area contributed by atoms with Crippen molar-refractivity contribution in [2.75, 3.05) is 25.5 Å². The molecular formula is C22H23N3O3S. The van der Waals surface area contributed by atoms with Gasteiger partial charge in [0.15, 0.2) is 11.5 Å². The molecule has 29 heavy (non-hydrogen) atoms. The molecule has 0 fully saturated rings. The summed E-state index contributed by atoms with van der Waals surface area (Å²) < 4.78 is 11.2. The van der Waals surface area contributed by atoms with Gasteiger partial charge in [-0.15, -0.1) is 0 Å². The third-order valence-electron chi connectivity index (χ3n) is 4.64. The number of hydrogen-bond acceptors (Lipinski definition) is 5. The molecule has 1 amide bonds. The zero-order valence-corrected chi connectivity index (χ0v) is 17.1. The van der Waals surface area contributed by atoms with Gasteiger partial charge in [0, 0.05) is 23.6 Å². The quantitative estimate of drug-likeness (QED) is 0.580. The summed E-state index contributed by atoms with van der Waals surface area (Å²) in [6.07, 6.45) is 1.56. The number of aryl methyl sites for hydroxylation is 1. The van der Waals surface area contributed by atoms with Crippen molar-refractivity contribution >= 4 is 17.7 Å². The smallest absolute Gasteiger partial charge is 0.255 e. The Bertz CT molecular complexity index is 985. The Kier molecular flexibility index (Phi) is 6.05. The molecule has 0 spiro atoms. The highest BCUT2D eigenvalue weighted by molar-refractivity contribution is 7.98. The highest BCUT2D eigenvalue weighted by atomic mass is 32.2. The van der Waals surface area contributed by atoms with Gasteiger partial charge in [-0.1, -0.05) is 29.8 Å². The van der Waals surface area contributed by atoms with E-state index in [9.17, 15) is 4.79 Å². The van der Waals surface area contributed by atoms with E-state index in [0.29, 0.717) is 36.8 Å². The van der Waals surface area contributed by atoms with Gasteiger partial charge in [0.1, 0.15) is 13.2 Å². The van der Waals surface area contributed by atoms with Crippen molar-refractivity contribution in [2.45, 2.75) is 12.7 Å². The predicted molar refractivity (Wildman–Crippen MR) is 115 cm³/mol. The lowest BCUT2D eigenvalue weighted by Crippen LogP contribution is -2.26. The van der Waals surface area contributed by atoms with Crippen molar-refractivity contribution in [3.05, 3.63) is 65.4 Å². The predicted octanol–water partition coefficient (Wildman–Crippen LogP) is 3.82. The second kappa shape index (κ2) is 9.05. The van der Waals surface area contributed by atoms with Crippen molar-refractivity contribution in [3.63, 3.8) is 0 Å². The van der Waals surface area contributed by atoms with Gasteiger partial charge in [0.2, 0.25) is 0 Å². The number of aromatic nitrogens is 2. The number of nitrogens with zero attached hydrogens (tertiary/aromatic N) is 1. The van der Waals surface area contributed by atoms with Gasteiger partial charge in [0.05, 0.1) is 17.5 Å². The van der Waals surface area contributed by atoms with Crippen molar-refractivity contribution in [1.82, 2.24) is 15.5 Å². The Morgan fingerprint density at radius 1 is 1.14 bits per heavy atom. The lowest BCUT2D eigenvalue weighted by Gasteiger charge is -2.18. The fraction of sp³-hybridized carbons (Fsp3) is 0.273. The second-order valence-electron chi connectivity index (χ2n) is 6.81. The molecule has 0 radical (unpaired) electrons. The van der Waals surface area contributed by atoms with E-state index in [1.807, 2.05) is 18.2 Å². The molecular weight excluding hydrogens is 386 g/mol. The van der Waals surface area contributed by atoms with Gasteiger partial charge in [-0.2, -0.15) is 16.9 Å². The number of rotatable bonds is 7. The van der Waals surface area contributed by atoms with Gasteiger partial charge in [0.25, 0.3) is 5.91 Å². The number of H-pyrrole nitrogens is 1. The molecule has 0 saturated heterocycles. The monoisotopic (exact) mass is 409 g/mol. The molecule has 6 nitrogen and oxygen atoms in total. The molecule has 0 bridgehead atoms. The summed E-state index contributed by atoms with van der Waals surface area (Å²) in [7, 11) is 0. The van der Waals surface area contributed by atoms with Gasteiger partial charge in [-0.3, -0.25) is 9.89 Å². The van der Waals surface area contributed by atoms with Crippen molar-refractivity contribution < 1.29 is 14.3 Å². The van der Waals surface area contributed by atoms with Crippen LogP contribution >= 0.6 is 11.8 Å². The maximum Gasteiger partial charge on any atom is 0.255 e. The van der Waals surface area contributed by atoms with Gasteiger partial charge >= 0.3 is 0 Å². The van der Waals surface area contributed by atoms with E-state index in [2.05, 4.69) is 46.7 Å². The first kappa shape index (κ1) is 19.4. The minimum absolute atomic E-state index is 0.139.